The summed E-state index contributed by atoms with van der Waals surface area (Å²) in [4.78, 5) is 0. The van der Waals surface area contributed by atoms with Gasteiger partial charge in [-0.3, -0.25) is 0 Å². The maximum absolute atomic E-state index is 2.62. The lowest BCUT2D eigenvalue weighted by atomic mass is 9.64. The molecule has 0 saturated carbocycles. The average Bonchev–Trinajstić information content (AvgIpc) is 4.13. The van der Waals surface area contributed by atoms with Crippen LogP contribution in [0.5, 0.6) is 0 Å². The lowest BCUT2D eigenvalue weighted by Gasteiger charge is -2.19. The van der Waals surface area contributed by atoms with Gasteiger partial charge >= 0.3 is 0 Å². The van der Waals surface area contributed by atoms with Gasteiger partial charge in [0.25, 0.3) is 0 Å². The molecule has 0 amide bonds. The Bertz CT molecular complexity index is 4690. The van der Waals surface area contributed by atoms with Gasteiger partial charge in [0, 0.05) is 54.9 Å². The maximum Gasteiger partial charge on any atom is 0.141 e. The summed E-state index contributed by atoms with van der Waals surface area (Å²) in [5.41, 5.74) is 30.0. The summed E-state index contributed by atoms with van der Waals surface area (Å²) in [5.74, 6) is 0. The largest absolute Gasteiger partial charge is 0.310 e. The SMILES string of the molecule is Bc1c(B)c(B)c2c(c1B)c1c(B)c(-c3ccc4c(c3)c3c(-c5ccccc5)cccc3n4-c3ccc(-c4ccccc4)cc3)c(B)c(B)c1n2-c1ccc2c(c1)c1ccccc1n2-c1ccccc1-c1ccccc1. The molecule has 3 heterocycles. The first kappa shape index (κ1) is 45.9. The van der Waals surface area contributed by atoms with Crippen molar-refractivity contribution in [2.24, 2.45) is 0 Å². The van der Waals surface area contributed by atoms with Crippen LogP contribution in [0.1, 0.15) is 0 Å². The van der Waals surface area contributed by atoms with Crippen molar-refractivity contribution in [1.82, 2.24) is 13.7 Å². The molecule has 0 aliphatic rings. The predicted molar refractivity (Wildman–Crippen MR) is 348 cm³/mol. The summed E-state index contributed by atoms with van der Waals surface area (Å²) >= 11 is 0. The quantitative estimate of drug-likeness (QED) is 0.189. The summed E-state index contributed by atoms with van der Waals surface area (Å²) in [6.07, 6.45) is 0. The summed E-state index contributed by atoms with van der Waals surface area (Å²) < 4.78 is 7.55. The Morgan fingerprint density at radius 1 is 0.250 bits per heavy atom. The third-order valence-corrected chi connectivity index (χ3v) is 17.2. The first-order chi connectivity index (χ1) is 37.2. The van der Waals surface area contributed by atoms with Gasteiger partial charge in [-0.05, 0) is 105 Å². The third-order valence-electron chi connectivity index (χ3n) is 17.2. The molecule has 3 aromatic heterocycles. The summed E-state index contributed by atoms with van der Waals surface area (Å²) in [6.45, 7) is 0. The third kappa shape index (κ3) is 6.79. The number of nitrogens with zero attached hydrogens (tertiary/aromatic N) is 3. The molecule has 0 saturated heterocycles. The van der Waals surface area contributed by atoms with Gasteiger partial charge in [0.1, 0.15) is 54.9 Å². The van der Waals surface area contributed by atoms with Crippen molar-refractivity contribution in [1.29, 1.82) is 0 Å². The molecule has 14 rings (SSSR count). The lowest BCUT2D eigenvalue weighted by molar-refractivity contribution is 1.17. The Morgan fingerprint density at radius 3 is 1.47 bits per heavy atom. The Labute approximate surface area is 449 Å². The highest BCUT2D eigenvalue weighted by molar-refractivity contribution is 6.69. The van der Waals surface area contributed by atoms with Gasteiger partial charge in [-0.15, -0.1) is 5.46 Å². The van der Waals surface area contributed by atoms with E-state index in [0.717, 1.165) is 5.69 Å². The van der Waals surface area contributed by atoms with Crippen LogP contribution in [0.4, 0.5) is 0 Å². The number of aromatic nitrogens is 3. The minimum Gasteiger partial charge on any atom is -0.310 e. The van der Waals surface area contributed by atoms with Crippen LogP contribution < -0.4 is 38.2 Å². The van der Waals surface area contributed by atoms with Gasteiger partial charge in [-0.2, -0.15) is 0 Å². The highest BCUT2D eigenvalue weighted by atomic mass is 15.0. The van der Waals surface area contributed by atoms with Crippen LogP contribution in [-0.2, 0) is 0 Å². The molecule has 3 nitrogen and oxygen atoms in total. The van der Waals surface area contributed by atoms with E-state index >= 15 is 0 Å². The lowest BCUT2D eigenvalue weighted by Crippen LogP contribution is -2.48. The van der Waals surface area contributed by atoms with Crippen molar-refractivity contribution in [3.63, 3.8) is 0 Å². The second-order valence-electron chi connectivity index (χ2n) is 21.0. The summed E-state index contributed by atoms with van der Waals surface area (Å²) in [5, 5.41) is 7.67. The van der Waals surface area contributed by atoms with E-state index in [2.05, 4.69) is 287 Å². The molecule has 350 valence electrons. The molecule has 76 heavy (non-hydrogen) atoms. The topological polar surface area (TPSA) is 14.8 Å². The predicted octanol–water partition coefficient (Wildman–Crippen LogP) is 5.45. The van der Waals surface area contributed by atoms with Crippen LogP contribution >= 0.6 is 0 Å². The van der Waals surface area contributed by atoms with E-state index in [1.165, 1.54) is 160 Å². The first-order valence-electron chi connectivity index (χ1n) is 26.7. The van der Waals surface area contributed by atoms with Crippen LogP contribution in [0.3, 0.4) is 0 Å². The highest BCUT2D eigenvalue weighted by Crippen LogP contribution is 2.42. The van der Waals surface area contributed by atoms with E-state index in [1.807, 2.05) is 0 Å². The van der Waals surface area contributed by atoms with E-state index in [9.17, 15) is 0 Å². The maximum atomic E-state index is 2.62. The zero-order chi connectivity index (χ0) is 51.5. The molecule has 14 aromatic rings. The number of hydrogen-bond acceptors (Lipinski definition) is 0. The van der Waals surface area contributed by atoms with Crippen LogP contribution in [0.15, 0.2) is 218 Å². The van der Waals surface area contributed by atoms with Crippen molar-refractivity contribution in [2.45, 2.75) is 0 Å². The zero-order valence-corrected chi connectivity index (χ0v) is 44.1. The number of rotatable bonds is 7. The normalized spacial score (nSPS) is 11.8. The number of para-hydroxylation sites is 2. The smallest absolute Gasteiger partial charge is 0.141 e. The highest BCUT2D eigenvalue weighted by Gasteiger charge is 2.27. The molecule has 0 atom stereocenters. The fourth-order valence-electron chi connectivity index (χ4n) is 13.1. The van der Waals surface area contributed by atoms with Gasteiger partial charge in [0.15, 0.2) is 0 Å². The minimum atomic E-state index is 1.14. The molecule has 10 heteroatoms. The Balaban J connectivity index is 1.01. The number of fused-ring (bicyclic) bond motifs is 9. The second kappa shape index (κ2) is 17.7. The molecule has 0 aliphatic carbocycles. The van der Waals surface area contributed by atoms with Crippen molar-refractivity contribution in [2.75, 3.05) is 0 Å². The molecule has 0 spiro atoms. The average molecular weight is 961 g/mol. The van der Waals surface area contributed by atoms with E-state index < -0.39 is 0 Å². The van der Waals surface area contributed by atoms with Crippen LogP contribution in [0.2, 0.25) is 0 Å². The van der Waals surface area contributed by atoms with Crippen molar-refractivity contribution >= 4 is 159 Å². The monoisotopic (exact) mass is 961 g/mol. The van der Waals surface area contributed by atoms with E-state index in [-0.39, 0.29) is 0 Å². The molecular formula is C66H50B7N3. The standard InChI is InChI=1S/C66H50B7N3/c67-58-54(41-29-33-52-48(35-41)55-45(40-19-8-3-9-20-40)23-14-26-53(55)74(52)42-30-27-38(28-31-42)37-15-4-1-5-16-37)59(68)63(72)65-56(58)57-60(69)61(70)62(71)64(73)66(57)75(65)43-32-34-51-47(36-43)46-22-11-13-25-50(46)76(51)49-24-12-10-21-44(49)39-17-6-2-7-18-39/h1-36H,67-73H2. The number of hydrogen-bond donors (Lipinski definition) is 0. The number of benzene rings is 11. The van der Waals surface area contributed by atoms with Gasteiger partial charge in [-0.1, -0.05) is 191 Å². The minimum absolute atomic E-state index is 1.14. The molecule has 11 aromatic carbocycles. The van der Waals surface area contributed by atoms with Gasteiger partial charge in [0.2, 0.25) is 0 Å². The molecule has 0 unspecified atom stereocenters. The second-order valence-corrected chi connectivity index (χ2v) is 21.0. The van der Waals surface area contributed by atoms with Gasteiger partial charge in [-0.25, -0.2) is 0 Å². The van der Waals surface area contributed by atoms with Crippen LogP contribution in [0, 0.1) is 0 Å². The van der Waals surface area contributed by atoms with E-state index in [0.29, 0.717) is 0 Å². The fraction of sp³-hybridized carbons (Fsp3) is 0. The molecule has 0 radical (unpaired) electrons. The van der Waals surface area contributed by atoms with Gasteiger partial charge in [0.05, 0.1) is 27.8 Å². The first-order valence-corrected chi connectivity index (χ1v) is 26.7. The van der Waals surface area contributed by atoms with E-state index in [4.69, 9.17) is 0 Å². The van der Waals surface area contributed by atoms with Crippen molar-refractivity contribution < 1.29 is 0 Å². The Kier molecular flexibility index (Phi) is 10.7. The zero-order valence-electron chi connectivity index (χ0n) is 44.1. The molecule has 0 N–H and O–H groups in total. The Morgan fingerprint density at radius 2 is 0.750 bits per heavy atom. The van der Waals surface area contributed by atoms with Crippen LogP contribution in [-0.4, -0.2) is 68.6 Å². The molecular weight excluding hydrogens is 910 g/mol. The van der Waals surface area contributed by atoms with Crippen LogP contribution in [0.25, 0.3) is 127 Å². The fourth-order valence-corrected chi connectivity index (χ4v) is 13.1. The summed E-state index contributed by atoms with van der Waals surface area (Å²) in [7, 11) is 16.4. The molecule has 0 aliphatic heterocycles. The van der Waals surface area contributed by atoms with Crippen molar-refractivity contribution in [3.8, 4) is 61.6 Å². The van der Waals surface area contributed by atoms with E-state index in [1.54, 1.807) is 0 Å². The van der Waals surface area contributed by atoms with Crippen molar-refractivity contribution in [3.05, 3.63) is 218 Å². The Hall–Kier alpha value is -8.73. The molecule has 0 bridgehead atoms. The van der Waals surface area contributed by atoms with Gasteiger partial charge < -0.3 is 13.7 Å². The molecule has 0 fully saturated rings. The summed E-state index contributed by atoms with van der Waals surface area (Å²) in [6, 6.07) is 80.4.